The Kier molecular flexibility index (Phi) is 3.94. The van der Waals surface area contributed by atoms with Crippen molar-refractivity contribution in [2.75, 3.05) is 6.54 Å². The quantitative estimate of drug-likeness (QED) is 0.672. The van der Waals surface area contributed by atoms with Gasteiger partial charge in [-0.25, -0.2) is 4.79 Å². The summed E-state index contributed by atoms with van der Waals surface area (Å²) in [5.74, 6) is -2.67. The number of likely N-dealkylation sites (tertiary alicyclic amines) is 1. The first-order chi connectivity index (χ1) is 7.41. The predicted octanol–water partition coefficient (Wildman–Crippen LogP) is -0.0934. The molecule has 0 radical (unpaired) electrons. The van der Waals surface area contributed by atoms with E-state index in [1.165, 1.54) is 0 Å². The highest BCUT2D eigenvalue weighted by atomic mass is 32.1. The van der Waals surface area contributed by atoms with Gasteiger partial charge in [0, 0.05) is 17.7 Å². The van der Waals surface area contributed by atoms with Gasteiger partial charge in [0.05, 0.1) is 13.0 Å². The molecule has 2 N–H and O–H groups in total. The maximum atomic E-state index is 11.5. The number of carboxylic acids is 2. The first kappa shape index (κ1) is 12.6. The number of carbonyl (C=O) groups is 3. The zero-order valence-corrected chi connectivity index (χ0v) is 9.20. The van der Waals surface area contributed by atoms with E-state index in [2.05, 4.69) is 0 Å². The lowest BCUT2D eigenvalue weighted by Crippen LogP contribution is -2.40. The molecule has 1 aliphatic heterocycles. The molecular formula is C9H11NO5S. The Bertz CT molecular complexity index is 354. The minimum Gasteiger partial charge on any atom is -0.481 e. The standard InChI is InChI=1S/C9H11NO5S/c11-7(1-2-8(12)13)10-4-5(16)3-6(10)9(14)15/h6H,1-4H2,(H,12,13)(H,14,15)/t6-/m0/s1. The Morgan fingerprint density at radius 1 is 1.31 bits per heavy atom. The molecule has 1 saturated heterocycles. The van der Waals surface area contributed by atoms with Crippen molar-refractivity contribution in [1.29, 1.82) is 0 Å². The average Bonchev–Trinajstić information content (AvgIpc) is 2.56. The van der Waals surface area contributed by atoms with Gasteiger partial charge in [-0.1, -0.05) is 12.2 Å². The lowest BCUT2D eigenvalue weighted by atomic mass is 10.2. The molecule has 1 atom stereocenters. The Labute approximate surface area is 96.8 Å². The molecule has 1 amide bonds. The summed E-state index contributed by atoms with van der Waals surface area (Å²) in [4.78, 5) is 34.3. The van der Waals surface area contributed by atoms with E-state index < -0.39 is 23.9 Å². The lowest BCUT2D eigenvalue weighted by molar-refractivity contribution is -0.148. The van der Waals surface area contributed by atoms with E-state index in [-0.39, 0.29) is 25.8 Å². The minimum atomic E-state index is -1.11. The molecule has 6 nitrogen and oxygen atoms in total. The van der Waals surface area contributed by atoms with Gasteiger partial charge in [0.1, 0.15) is 6.04 Å². The highest BCUT2D eigenvalue weighted by Crippen LogP contribution is 2.17. The van der Waals surface area contributed by atoms with Crippen molar-refractivity contribution in [3.05, 3.63) is 0 Å². The summed E-state index contributed by atoms with van der Waals surface area (Å²) in [6.07, 6.45) is -0.320. The minimum absolute atomic E-state index is 0.130. The fourth-order valence-electron chi connectivity index (χ4n) is 1.53. The molecule has 0 aromatic carbocycles. The molecule has 0 aromatic heterocycles. The number of hydrogen-bond acceptors (Lipinski definition) is 4. The van der Waals surface area contributed by atoms with Crippen LogP contribution in [0.2, 0.25) is 0 Å². The smallest absolute Gasteiger partial charge is 0.326 e. The monoisotopic (exact) mass is 245 g/mol. The summed E-state index contributed by atoms with van der Waals surface area (Å²) in [7, 11) is 0. The van der Waals surface area contributed by atoms with Crippen LogP contribution in [0.3, 0.4) is 0 Å². The lowest BCUT2D eigenvalue weighted by Gasteiger charge is -2.20. The van der Waals surface area contributed by atoms with Crippen LogP contribution in [0.1, 0.15) is 19.3 Å². The van der Waals surface area contributed by atoms with Gasteiger partial charge in [0.2, 0.25) is 5.91 Å². The molecule has 16 heavy (non-hydrogen) atoms. The van der Waals surface area contributed by atoms with Crippen LogP contribution < -0.4 is 0 Å². The van der Waals surface area contributed by atoms with Crippen LogP contribution in [0.4, 0.5) is 0 Å². The van der Waals surface area contributed by atoms with Crippen molar-refractivity contribution in [3.8, 4) is 0 Å². The van der Waals surface area contributed by atoms with E-state index in [9.17, 15) is 14.4 Å². The molecule has 7 heteroatoms. The van der Waals surface area contributed by atoms with E-state index in [1.807, 2.05) is 0 Å². The number of thiocarbonyl (C=S) groups is 1. The van der Waals surface area contributed by atoms with Gasteiger partial charge >= 0.3 is 11.9 Å². The molecule has 0 bridgehead atoms. The number of hydrogen-bond donors (Lipinski definition) is 2. The first-order valence-electron chi connectivity index (χ1n) is 4.67. The molecule has 1 aliphatic rings. The van der Waals surface area contributed by atoms with Crippen molar-refractivity contribution >= 4 is 34.9 Å². The van der Waals surface area contributed by atoms with E-state index in [0.29, 0.717) is 4.86 Å². The van der Waals surface area contributed by atoms with Gasteiger partial charge in [-0.2, -0.15) is 0 Å². The Morgan fingerprint density at radius 2 is 1.94 bits per heavy atom. The second-order valence-electron chi connectivity index (χ2n) is 3.51. The summed E-state index contributed by atoms with van der Waals surface area (Å²) < 4.78 is 0. The number of aliphatic carboxylic acids is 2. The van der Waals surface area contributed by atoms with Crippen LogP contribution in [0.25, 0.3) is 0 Å². The largest absolute Gasteiger partial charge is 0.481 e. The first-order valence-corrected chi connectivity index (χ1v) is 5.08. The van der Waals surface area contributed by atoms with Crippen molar-refractivity contribution in [1.82, 2.24) is 4.90 Å². The highest BCUT2D eigenvalue weighted by molar-refractivity contribution is 7.80. The molecule has 0 aliphatic carbocycles. The third-order valence-corrected chi connectivity index (χ3v) is 2.60. The van der Waals surface area contributed by atoms with Crippen molar-refractivity contribution in [3.63, 3.8) is 0 Å². The molecule has 1 rings (SSSR count). The summed E-state index contributed by atoms with van der Waals surface area (Å²) in [6.45, 7) is 0.130. The Morgan fingerprint density at radius 3 is 2.44 bits per heavy atom. The molecule has 88 valence electrons. The normalized spacial score (nSPS) is 19.9. The third kappa shape index (κ3) is 2.99. The molecule has 0 aromatic rings. The van der Waals surface area contributed by atoms with Crippen molar-refractivity contribution in [2.24, 2.45) is 0 Å². The van der Waals surface area contributed by atoms with Gasteiger partial charge in [0.25, 0.3) is 0 Å². The zero-order chi connectivity index (χ0) is 12.3. The van der Waals surface area contributed by atoms with Crippen LogP contribution in [-0.2, 0) is 14.4 Å². The van der Waals surface area contributed by atoms with E-state index >= 15 is 0 Å². The number of carbonyl (C=O) groups excluding carboxylic acids is 1. The molecule has 0 spiro atoms. The van der Waals surface area contributed by atoms with Crippen LogP contribution in [-0.4, -0.2) is 50.4 Å². The summed E-state index contributed by atoms with van der Waals surface area (Å²) >= 11 is 4.87. The predicted molar refractivity (Wildman–Crippen MR) is 57.2 cm³/mol. The molecule has 0 unspecified atom stereocenters. The maximum absolute atomic E-state index is 11.5. The fraction of sp³-hybridized carbons (Fsp3) is 0.556. The van der Waals surface area contributed by atoms with Gasteiger partial charge < -0.3 is 15.1 Å². The number of carboxylic acid groups (broad SMARTS) is 2. The number of amides is 1. The van der Waals surface area contributed by atoms with Gasteiger partial charge in [-0.05, 0) is 0 Å². The zero-order valence-electron chi connectivity index (χ0n) is 8.38. The van der Waals surface area contributed by atoms with Gasteiger partial charge in [0.15, 0.2) is 0 Å². The number of rotatable bonds is 4. The van der Waals surface area contributed by atoms with E-state index in [4.69, 9.17) is 22.4 Å². The Balaban J connectivity index is 2.63. The molecule has 1 fully saturated rings. The van der Waals surface area contributed by atoms with Crippen LogP contribution in [0, 0.1) is 0 Å². The fourth-order valence-corrected chi connectivity index (χ4v) is 1.83. The second kappa shape index (κ2) is 5.02. The van der Waals surface area contributed by atoms with Crippen LogP contribution >= 0.6 is 12.2 Å². The van der Waals surface area contributed by atoms with Gasteiger partial charge in [-0.3, -0.25) is 9.59 Å². The summed E-state index contributed by atoms with van der Waals surface area (Å²) in [6, 6.07) is -0.936. The molecule has 0 saturated carbocycles. The average molecular weight is 245 g/mol. The van der Waals surface area contributed by atoms with E-state index in [1.54, 1.807) is 0 Å². The van der Waals surface area contributed by atoms with Crippen molar-refractivity contribution < 1.29 is 24.6 Å². The van der Waals surface area contributed by atoms with Crippen molar-refractivity contribution in [2.45, 2.75) is 25.3 Å². The van der Waals surface area contributed by atoms with Crippen LogP contribution in [0.15, 0.2) is 0 Å². The second-order valence-corrected chi connectivity index (χ2v) is 4.09. The SMILES string of the molecule is O=C(O)CCC(=O)N1CC(=S)C[C@H]1C(=O)O. The van der Waals surface area contributed by atoms with E-state index in [0.717, 1.165) is 4.90 Å². The Hall–Kier alpha value is -1.50. The highest BCUT2D eigenvalue weighted by Gasteiger charge is 2.36. The molecule has 1 heterocycles. The number of nitrogens with zero attached hydrogens (tertiary/aromatic N) is 1. The third-order valence-electron chi connectivity index (χ3n) is 2.30. The van der Waals surface area contributed by atoms with Crippen LogP contribution in [0.5, 0.6) is 0 Å². The maximum Gasteiger partial charge on any atom is 0.326 e. The molecular weight excluding hydrogens is 234 g/mol. The summed E-state index contributed by atoms with van der Waals surface area (Å²) in [5, 5.41) is 17.3. The van der Waals surface area contributed by atoms with Gasteiger partial charge in [-0.15, -0.1) is 0 Å². The topological polar surface area (TPSA) is 94.9 Å². The summed E-state index contributed by atoms with van der Waals surface area (Å²) in [5.41, 5.74) is 0.